The van der Waals surface area contributed by atoms with Crippen LogP contribution in [0, 0.1) is 22.2 Å². The van der Waals surface area contributed by atoms with Gasteiger partial charge in [-0.2, -0.15) is 5.26 Å². The Labute approximate surface area is 99.1 Å². The summed E-state index contributed by atoms with van der Waals surface area (Å²) in [6, 6.07) is 12.8. The van der Waals surface area contributed by atoms with Crippen molar-refractivity contribution in [1.29, 1.82) is 5.26 Å². The van der Waals surface area contributed by atoms with Gasteiger partial charge in [-0.25, -0.2) is 0 Å². The molecule has 86 valence electrons. The topological polar surface area (TPSA) is 23.8 Å². The number of benzene rings is 1. The summed E-state index contributed by atoms with van der Waals surface area (Å²) in [5.41, 5.74) is 0.988. The lowest BCUT2D eigenvalue weighted by molar-refractivity contribution is 0.208. The minimum Gasteiger partial charge on any atom is -0.198 e. The Balaban J connectivity index is 3.25. The largest absolute Gasteiger partial charge is 0.198 e. The molecule has 1 nitrogen and oxygen atoms in total. The summed E-state index contributed by atoms with van der Waals surface area (Å²) in [6.07, 6.45) is 0. The van der Waals surface area contributed by atoms with E-state index in [0.717, 1.165) is 0 Å². The third kappa shape index (κ3) is 2.64. The second kappa shape index (κ2) is 4.29. The van der Waals surface area contributed by atoms with E-state index >= 15 is 0 Å². The van der Waals surface area contributed by atoms with Crippen molar-refractivity contribution in [2.24, 2.45) is 10.8 Å². The molecular formula is C15H21N. The number of nitriles is 1. The Kier molecular flexibility index (Phi) is 3.43. The Bertz CT molecular complexity index is 376. The van der Waals surface area contributed by atoms with Crippen LogP contribution in [0.25, 0.3) is 0 Å². The summed E-state index contributed by atoms with van der Waals surface area (Å²) in [6.45, 7) is 10.6. The Morgan fingerprint density at radius 1 is 1.00 bits per heavy atom. The van der Waals surface area contributed by atoms with Gasteiger partial charge in [0.05, 0.1) is 11.5 Å². The van der Waals surface area contributed by atoms with Crippen molar-refractivity contribution in [3.05, 3.63) is 35.9 Å². The van der Waals surface area contributed by atoms with E-state index in [2.05, 4.69) is 39.0 Å². The summed E-state index contributed by atoms with van der Waals surface area (Å²) in [5.74, 6) is 0.242. The molecule has 16 heavy (non-hydrogen) atoms. The molecule has 0 fully saturated rings. The van der Waals surface area contributed by atoms with E-state index in [4.69, 9.17) is 0 Å². The first-order valence-corrected chi connectivity index (χ1v) is 5.75. The molecule has 0 N–H and O–H groups in total. The standard InChI is InChI=1S/C15H21N/c1-14(2,3)13(15(4,5)11-16)12-9-7-6-8-10-12/h6-10,13H,1-5H3. The number of hydrogen-bond acceptors (Lipinski definition) is 1. The van der Waals surface area contributed by atoms with Gasteiger partial charge in [-0.15, -0.1) is 0 Å². The second-order valence-corrected chi connectivity index (χ2v) is 6.04. The van der Waals surface area contributed by atoms with Crippen molar-refractivity contribution in [1.82, 2.24) is 0 Å². The molecule has 0 saturated carbocycles. The van der Waals surface area contributed by atoms with Gasteiger partial charge in [-0.3, -0.25) is 0 Å². The van der Waals surface area contributed by atoms with Gasteiger partial charge in [0.25, 0.3) is 0 Å². The Hall–Kier alpha value is -1.29. The van der Waals surface area contributed by atoms with Crippen LogP contribution in [-0.4, -0.2) is 0 Å². The summed E-state index contributed by atoms with van der Waals surface area (Å²) < 4.78 is 0. The van der Waals surface area contributed by atoms with Crippen LogP contribution < -0.4 is 0 Å². The fourth-order valence-corrected chi connectivity index (χ4v) is 2.71. The zero-order chi connectivity index (χ0) is 12.4. The molecule has 0 aliphatic heterocycles. The first-order valence-electron chi connectivity index (χ1n) is 5.75. The molecule has 0 aliphatic carbocycles. The van der Waals surface area contributed by atoms with Crippen molar-refractivity contribution in [2.75, 3.05) is 0 Å². The summed E-state index contributed by atoms with van der Waals surface area (Å²) in [7, 11) is 0. The van der Waals surface area contributed by atoms with Gasteiger partial charge >= 0.3 is 0 Å². The highest BCUT2D eigenvalue weighted by atomic mass is 14.4. The van der Waals surface area contributed by atoms with E-state index in [1.807, 2.05) is 32.0 Å². The van der Waals surface area contributed by atoms with Gasteiger partial charge in [-0.1, -0.05) is 51.1 Å². The van der Waals surface area contributed by atoms with Crippen LogP contribution in [0.5, 0.6) is 0 Å². The summed E-state index contributed by atoms with van der Waals surface area (Å²) in [5, 5.41) is 9.34. The first kappa shape index (κ1) is 12.8. The molecule has 0 heterocycles. The van der Waals surface area contributed by atoms with Crippen molar-refractivity contribution >= 4 is 0 Å². The van der Waals surface area contributed by atoms with Crippen LogP contribution in [0.4, 0.5) is 0 Å². The lowest BCUT2D eigenvalue weighted by Crippen LogP contribution is -2.31. The number of rotatable bonds is 2. The maximum absolute atomic E-state index is 9.34. The molecule has 1 unspecified atom stereocenters. The predicted octanol–water partition coefficient (Wildman–Crippen LogP) is 4.37. The molecule has 0 radical (unpaired) electrons. The van der Waals surface area contributed by atoms with Crippen LogP contribution in [0.3, 0.4) is 0 Å². The zero-order valence-corrected chi connectivity index (χ0v) is 10.9. The minimum atomic E-state index is -0.348. The normalized spacial score (nSPS) is 14.2. The smallest absolute Gasteiger partial charge is 0.0690 e. The molecule has 0 bridgehead atoms. The van der Waals surface area contributed by atoms with Crippen molar-refractivity contribution in [3.8, 4) is 6.07 Å². The van der Waals surface area contributed by atoms with Crippen LogP contribution in [0.2, 0.25) is 0 Å². The van der Waals surface area contributed by atoms with Gasteiger partial charge in [0, 0.05) is 5.92 Å². The molecule has 1 heteroatoms. The highest BCUT2D eigenvalue weighted by Crippen LogP contribution is 2.47. The first-order chi connectivity index (χ1) is 7.29. The van der Waals surface area contributed by atoms with Gasteiger partial charge < -0.3 is 0 Å². The highest BCUT2D eigenvalue weighted by Gasteiger charge is 2.39. The molecule has 0 aromatic heterocycles. The van der Waals surface area contributed by atoms with E-state index in [9.17, 15) is 5.26 Å². The van der Waals surface area contributed by atoms with Gasteiger partial charge in [0.1, 0.15) is 0 Å². The quantitative estimate of drug-likeness (QED) is 0.718. The molecule has 1 aromatic carbocycles. The molecule has 0 spiro atoms. The summed E-state index contributed by atoms with van der Waals surface area (Å²) >= 11 is 0. The van der Waals surface area contributed by atoms with Crippen molar-refractivity contribution < 1.29 is 0 Å². The van der Waals surface area contributed by atoms with Crippen molar-refractivity contribution in [3.63, 3.8) is 0 Å². The third-order valence-electron chi connectivity index (χ3n) is 3.01. The molecule has 0 amide bonds. The maximum atomic E-state index is 9.34. The number of nitrogens with zero attached hydrogens (tertiary/aromatic N) is 1. The molecule has 0 saturated heterocycles. The predicted molar refractivity (Wildman–Crippen MR) is 68.0 cm³/mol. The average Bonchev–Trinajstić information content (AvgIpc) is 2.17. The average molecular weight is 215 g/mol. The Morgan fingerprint density at radius 3 is 1.88 bits per heavy atom. The van der Waals surface area contributed by atoms with E-state index in [-0.39, 0.29) is 16.7 Å². The SMILES string of the molecule is CC(C)(C)C(c1ccccc1)C(C)(C)C#N. The van der Waals surface area contributed by atoms with E-state index < -0.39 is 0 Å². The number of hydrogen-bond donors (Lipinski definition) is 0. The van der Waals surface area contributed by atoms with Crippen LogP contribution in [-0.2, 0) is 0 Å². The van der Waals surface area contributed by atoms with E-state index in [0.29, 0.717) is 0 Å². The second-order valence-electron chi connectivity index (χ2n) is 6.04. The molecule has 1 rings (SSSR count). The van der Waals surface area contributed by atoms with Crippen LogP contribution >= 0.6 is 0 Å². The van der Waals surface area contributed by atoms with Gasteiger partial charge in [-0.05, 0) is 24.8 Å². The lowest BCUT2D eigenvalue weighted by atomic mass is 9.63. The molecule has 1 aromatic rings. The minimum absolute atomic E-state index is 0.0839. The van der Waals surface area contributed by atoms with Crippen LogP contribution in [0.15, 0.2) is 30.3 Å². The summed E-state index contributed by atoms with van der Waals surface area (Å²) in [4.78, 5) is 0. The fraction of sp³-hybridized carbons (Fsp3) is 0.533. The van der Waals surface area contributed by atoms with Crippen molar-refractivity contribution in [2.45, 2.75) is 40.5 Å². The highest BCUT2D eigenvalue weighted by molar-refractivity contribution is 5.26. The van der Waals surface area contributed by atoms with E-state index in [1.165, 1.54) is 5.56 Å². The fourth-order valence-electron chi connectivity index (χ4n) is 2.71. The zero-order valence-electron chi connectivity index (χ0n) is 10.9. The van der Waals surface area contributed by atoms with Gasteiger partial charge in [0.15, 0.2) is 0 Å². The molecular weight excluding hydrogens is 194 g/mol. The van der Waals surface area contributed by atoms with Crippen LogP contribution in [0.1, 0.15) is 46.1 Å². The van der Waals surface area contributed by atoms with E-state index in [1.54, 1.807) is 0 Å². The van der Waals surface area contributed by atoms with Gasteiger partial charge in [0.2, 0.25) is 0 Å². The molecule has 1 atom stereocenters. The lowest BCUT2D eigenvalue weighted by Gasteiger charge is -2.39. The Morgan fingerprint density at radius 2 is 1.50 bits per heavy atom. The third-order valence-corrected chi connectivity index (χ3v) is 3.01. The maximum Gasteiger partial charge on any atom is 0.0690 e. The molecule has 0 aliphatic rings. The monoisotopic (exact) mass is 215 g/mol.